The smallest absolute Gasteiger partial charge is 0.375 e. The molecule has 0 bridgehead atoms. The summed E-state index contributed by atoms with van der Waals surface area (Å²) in [4.78, 5) is 44.0. The molecule has 2 heterocycles. The number of nitrogens with zero attached hydrogens (tertiary/aromatic N) is 1. The van der Waals surface area contributed by atoms with E-state index in [-0.39, 0.29) is 34.4 Å². The second-order valence-corrected chi connectivity index (χ2v) is 12.8. The monoisotopic (exact) mass is 547 g/mol. The zero-order valence-corrected chi connectivity index (χ0v) is 23.0. The number of fused-ring (bicyclic) bond motifs is 5. The summed E-state index contributed by atoms with van der Waals surface area (Å²) in [6.07, 6.45) is 10.7. The molecule has 4 aliphatic rings. The zero-order valence-electron chi connectivity index (χ0n) is 22.2. The number of carbonyl (C=O) groups is 3. The maximum atomic E-state index is 14.2. The van der Waals surface area contributed by atoms with Gasteiger partial charge in [-0.1, -0.05) is 43.3 Å². The number of esters is 1. The zero-order chi connectivity index (χ0) is 27.4. The van der Waals surface area contributed by atoms with Gasteiger partial charge < -0.3 is 14.3 Å². The number of furan rings is 1. The Labute approximate surface area is 232 Å². The van der Waals surface area contributed by atoms with Gasteiger partial charge in [-0.2, -0.15) is 0 Å². The van der Waals surface area contributed by atoms with Gasteiger partial charge in [0.05, 0.1) is 18.1 Å². The van der Waals surface area contributed by atoms with E-state index in [4.69, 9.17) is 9.15 Å². The normalized spacial score (nSPS) is 36.9. The van der Waals surface area contributed by atoms with Crippen LogP contribution >= 0.6 is 11.8 Å². The van der Waals surface area contributed by atoms with Crippen LogP contribution in [0, 0.1) is 28.6 Å². The lowest BCUT2D eigenvalue weighted by molar-refractivity contribution is -0.171. The van der Waals surface area contributed by atoms with Gasteiger partial charge >= 0.3 is 5.97 Å². The third kappa shape index (κ3) is 4.06. The molecule has 2 aromatic heterocycles. The summed E-state index contributed by atoms with van der Waals surface area (Å²) in [6, 6.07) is 8.73. The topological polar surface area (TPSA) is 107 Å². The standard InChI is InChI=1S/C31H33NO6S/c1-29-12-10-21(33)16-19(29)8-9-22-23-11-13-31(30(23,2)17-24(34)26(22)29,38-27(35)25-7-5-15-37-25)28(36)39-18-20-6-3-4-14-32-20/h3-7,10,12,14-16,22-24,26,34H,8-9,11,13,17-18H2,1-2H3/t22?,23?,24-,26?,29?,30?,31-/m0/s1. The van der Waals surface area contributed by atoms with Gasteiger partial charge in [-0.3, -0.25) is 14.6 Å². The van der Waals surface area contributed by atoms with Crippen molar-refractivity contribution in [2.24, 2.45) is 28.6 Å². The van der Waals surface area contributed by atoms with Crippen LogP contribution in [0.25, 0.3) is 0 Å². The minimum atomic E-state index is -1.41. The number of aliphatic hydroxyl groups excluding tert-OH is 1. The molecule has 5 unspecified atom stereocenters. The SMILES string of the molecule is CC12C=CC(=O)C=C1CCC1C2[C@@H](O)CC2(C)C1CC[C@]2(OC(=O)c1ccco1)C(=O)SCc1ccccn1. The van der Waals surface area contributed by atoms with Crippen LogP contribution in [0.5, 0.6) is 0 Å². The summed E-state index contributed by atoms with van der Waals surface area (Å²) in [7, 11) is 0. The Morgan fingerprint density at radius 2 is 2.05 bits per heavy atom. The molecule has 8 heteroatoms. The van der Waals surface area contributed by atoms with E-state index in [2.05, 4.69) is 11.9 Å². The number of ether oxygens (including phenoxy) is 1. The highest BCUT2D eigenvalue weighted by atomic mass is 32.2. The maximum Gasteiger partial charge on any atom is 0.375 e. The fraction of sp³-hybridized carbons (Fsp3) is 0.484. The van der Waals surface area contributed by atoms with Crippen molar-refractivity contribution < 1.29 is 28.6 Å². The lowest BCUT2D eigenvalue weighted by Gasteiger charge is -2.59. The first-order valence-electron chi connectivity index (χ1n) is 13.6. The van der Waals surface area contributed by atoms with E-state index >= 15 is 0 Å². The number of pyridine rings is 1. The summed E-state index contributed by atoms with van der Waals surface area (Å²) in [5, 5.41) is 11.6. The van der Waals surface area contributed by atoms with Gasteiger partial charge in [0.25, 0.3) is 0 Å². The molecule has 2 aromatic rings. The molecule has 39 heavy (non-hydrogen) atoms. The number of aromatic nitrogens is 1. The largest absolute Gasteiger partial charge is 0.457 e. The lowest BCUT2D eigenvalue weighted by Crippen LogP contribution is -2.62. The predicted octanol–water partition coefficient (Wildman–Crippen LogP) is 5.31. The Hall–Kier alpha value is -2.97. The Balaban J connectivity index is 1.36. The number of ketones is 1. The molecule has 3 saturated carbocycles. The van der Waals surface area contributed by atoms with Gasteiger partial charge in [-0.15, -0.1) is 0 Å². The van der Waals surface area contributed by atoms with Crippen LogP contribution in [-0.4, -0.2) is 38.7 Å². The van der Waals surface area contributed by atoms with E-state index in [1.165, 1.54) is 12.3 Å². The molecule has 0 radical (unpaired) electrons. The van der Waals surface area contributed by atoms with Crippen molar-refractivity contribution in [1.29, 1.82) is 0 Å². The van der Waals surface area contributed by atoms with Crippen molar-refractivity contribution in [3.63, 3.8) is 0 Å². The van der Waals surface area contributed by atoms with Crippen molar-refractivity contribution in [1.82, 2.24) is 4.98 Å². The number of carbonyl (C=O) groups excluding carboxylic acids is 3. The molecule has 3 fully saturated rings. The molecule has 204 valence electrons. The van der Waals surface area contributed by atoms with Crippen LogP contribution in [-0.2, 0) is 20.1 Å². The highest BCUT2D eigenvalue weighted by molar-refractivity contribution is 8.13. The van der Waals surface area contributed by atoms with Gasteiger partial charge in [-0.05, 0) is 80.4 Å². The van der Waals surface area contributed by atoms with Crippen LogP contribution in [0.4, 0.5) is 0 Å². The number of hydrogen-bond acceptors (Lipinski definition) is 8. The van der Waals surface area contributed by atoms with Crippen LogP contribution in [0.15, 0.2) is 71.0 Å². The van der Waals surface area contributed by atoms with Crippen molar-refractivity contribution in [2.45, 2.75) is 63.4 Å². The summed E-state index contributed by atoms with van der Waals surface area (Å²) in [5.74, 6) is -0.144. The molecule has 0 saturated heterocycles. The van der Waals surface area contributed by atoms with Gasteiger partial charge in [0.2, 0.25) is 10.9 Å². The molecule has 0 amide bonds. The second kappa shape index (κ2) is 9.59. The average Bonchev–Trinajstić information content (AvgIpc) is 3.55. The van der Waals surface area contributed by atoms with E-state index in [9.17, 15) is 19.5 Å². The van der Waals surface area contributed by atoms with Crippen molar-refractivity contribution in [2.75, 3.05) is 0 Å². The fourth-order valence-corrected chi connectivity index (χ4v) is 9.26. The van der Waals surface area contributed by atoms with E-state index in [0.717, 1.165) is 35.9 Å². The maximum absolute atomic E-state index is 14.2. The molecular formula is C31H33NO6S. The fourth-order valence-electron chi connectivity index (χ4n) is 8.20. The Bertz CT molecular complexity index is 1350. The molecule has 0 aromatic carbocycles. The predicted molar refractivity (Wildman–Crippen MR) is 145 cm³/mol. The number of thioether (sulfide) groups is 1. The first-order chi connectivity index (χ1) is 18.7. The number of rotatable bonds is 5. The number of aliphatic hydroxyl groups is 1. The Morgan fingerprint density at radius 1 is 1.21 bits per heavy atom. The molecule has 4 aliphatic carbocycles. The quantitative estimate of drug-likeness (QED) is 0.502. The van der Waals surface area contributed by atoms with E-state index in [1.807, 2.05) is 31.2 Å². The van der Waals surface area contributed by atoms with Gasteiger partial charge in [0, 0.05) is 28.7 Å². The Kier molecular flexibility index (Phi) is 6.46. The molecule has 0 spiro atoms. The summed E-state index contributed by atoms with van der Waals surface area (Å²) in [5.41, 5.74) is -0.747. The number of allylic oxidation sites excluding steroid dienone is 4. The molecule has 7 atom stereocenters. The van der Waals surface area contributed by atoms with Gasteiger partial charge in [0.15, 0.2) is 11.4 Å². The molecule has 0 aliphatic heterocycles. The van der Waals surface area contributed by atoms with Crippen LogP contribution in [0.3, 0.4) is 0 Å². The molecule has 6 rings (SSSR count). The van der Waals surface area contributed by atoms with E-state index < -0.39 is 28.5 Å². The lowest BCUT2D eigenvalue weighted by atomic mass is 9.46. The number of hydrogen-bond donors (Lipinski definition) is 1. The Morgan fingerprint density at radius 3 is 2.79 bits per heavy atom. The highest BCUT2D eigenvalue weighted by Gasteiger charge is 2.70. The van der Waals surface area contributed by atoms with Crippen molar-refractivity contribution >= 4 is 28.6 Å². The van der Waals surface area contributed by atoms with Crippen LogP contribution in [0.2, 0.25) is 0 Å². The first kappa shape index (κ1) is 26.3. The van der Waals surface area contributed by atoms with Crippen molar-refractivity contribution in [3.05, 3.63) is 78.0 Å². The third-order valence-electron chi connectivity index (χ3n) is 10.0. The molecule has 7 nitrogen and oxygen atoms in total. The minimum absolute atomic E-state index is 0.00341. The second-order valence-electron chi connectivity index (χ2n) is 11.8. The highest BCUT2D eigenvalue weighted by Crippen LogP contribution is 2.68. The average molecular weight is 548 g/mol. The van der Waals surface area contributed by atoms with E-state index in [1.54, 1.807) is 24.4 Å². The van der Waals surface area contributed by atoms with E-state index in [0.29, 0.717) is 25.0 Å². The summed E-state index contributed by atoms with van der Waals surface area (Å²) in [6.45, 7) is 4.14. The first-order valence-corrected chi connectivity index (χ1v) is 14.6. The molecule has 1 N–H and O–H groups in total. The van der Waals surface area contributed by atoms with Crippen LogP contribution < -0.4 is 0 Å². The minimum Gasteiger partial charge on any atom is -0.457 e. The van der Waals surface area contributed by atoms with Crippen molar-refractivity contribution in [3.8, 4) is 0 Å². The summed E-state index contributed by atoms with van der Waals surface area (Å²) >= 11 is 1.12. The van der Waals surface area contributed by atoms with Gasteiger partial charge in [0.1, 0.15) is 0 Å². The van der Waals surface area contributed by atoms with Gasteiger partial charge in [-0.25, -0.2) is 4.79 Å². The summed E-state index contributed by atoms with van der Waals surface area (Å²) < 4.78 is 11.6. The third-order valence-corrected chi connectivity index (χ3v) is 11.0. The van der Waals surface area contributed by atoms with Crippen LogP contribution in [0.1, 0.15) is 62.2 Å². The molecular weight excluding hydrogens is 514 g/mol.